The average molecular weight is 215 g/mol. The van der Waals surface area contributed by atoms with Crippen molar-refractivity contribution >= 4 is 10.1 Å². The minimum Gasteiger partial charge on any atom is -0.382 e. The molecule has 5 heteroatoms. The lowest BCUT2D eigenvalue weighted by Gasteiger charge is -2.04. The van der Waals surface area contributed by atoms with Crippen LogP contribution in [0.25, 0.3) is 0 Å². The molecular weight excluding hydrogens is 207 g/mol. The third kappa shape index (κ3) is 2.04. The Labute approximate surface area is 81.6 Å². The molecule has 0 bridgehead atoms. The summed E-state index contributed by atoms with van der Waals surface area (Å²) in [5, 5.41) is -0.388. The van der Waals surface area contributed by atoms with Crippen LogP contribution < -0.4 is 4.18 Å². The lowest BCUT2D eigenvalue weighted by molar-refractivity contribution is 0.483. The molecule has 1 aliphatic carbocycles. The Balaban J connectivity index is 2.14. The van der Waals surface area contributed by atoms with E-state index >= 15 is 0 Å². The minimum absolute atomic E-state index is 0.0401. The summed E-state index contributed by atoms with van der Waals surface area (Å²) in [5.41, 5.74) is 0. The maximum atomic E-state index is 12.5. The first-order valence-electron chi connectivity index (χ1n) is 4.18. The molecule has 1 fully saturated rings. The summed E-state index contributed by atoms with van der Waals surface area (Å²) in [6.45, 7) is 0. The van der Waals surface area contributed by atoms with E-state index < -0.39 is 15.9 Å². The summed E-state index contributed by atoms with van der Waals surface area (Å²) in [5.74, 6) is -0.431. The molecule has 0 aliphatic heterocycles. The van der Waals surface area contributed by atoms with E-state index in [-0.39, 0.29) is 11.0 Å². The Morgan fingerprint density at radius 3 is 2.64 bits per heavy atom. The van der Waals surface area contributed by atoms with Crippen molar-refractivity contribution in [2.45, 2.75) is 18.1 Å². The predicted octanol–water partition coefficient (Wildman–Crippen LogP) is 1.50. The average Bonchev–Trinajstić information content (AvgIpc) is 2.91. The zero-order chi connectivity index (χ0) is 10.2. The largest absolute Gasteiger partial charge is 0.382 e. The molecule has 2 rings (SSSR count). The van der Waals surface area contributed by atoms with Gasteiger partial charge in [0.05, 0.1) is 5.25 Å². The van der Waals surface area contributed by atoms with Crippen molar-refractivity contribution in [3.05, 3.63) is 30.1 Å². The van der Waals surface area contributed by atoms with E-state index in [2.05, 4.69) is 6.07 Å². The molecule has 1 radical (unpaired) electrons. The number of hydrogen-bond donors (Lipinski definition) is 0. The molecule has 1 aromatic carbocycles. The molecule has 0 saturated heterocycles. The van der Waals surface area contributed by atoms with Crippen molar-refractivity contribution in [2.24, 2.45) is 0 Å². The van der Waals surface area contributed by atoms with Gasteiger partial charge in [0.1, 0.15) is 5.82 Å². The fourth-order valence-corrected chi connectivity index (χ4v) is 2.20. The van der Waals surface area contributed by atoms with Gasteiger partial charge in [-0.1, -0.05) is 0 Å². The number of halogens is 1. The van der Waals surface area contributed by atoms with Crippen LogP contribution in [0.1, 0.15) is 12.8 Å². The first-order chi connectivity index (χ1) is 6.58. The molecule has 0 amide bonds. The Hall–Kier alpha value is -1.10. The zero-order valence-corrected chi connectivity index (χ0v) is 8.05. The van der Waals surface area contributed by atoms with Crippen molar-refractivity contribution in [1.82, 2.24) is 0 Å². The molecule has 3 nitrogen and oxygen atoms in total. The number of hydrogen-bond acceptors (Lipinski definition) is 3. The Morgan fingerprint density at radius 1 is 1.43 bits per heavy atom. The topological polar surface area (TPSA) is 43.4 Å². The van der Waals surface area contributed by atoms with Crippen LogP contribution in [0.15, 0.2) is 18.2 Å². The third-order valence-electron chi connectivity index (χ3n) is 1.88. The van der Waals surface area contributed by atoms with Gasteiger partial charge in [0.15, 0.2) is 5.75 Å². The van der Waals surface area contributed by atoms with Crippen LogP contribution >= 0.6 is 0 Å². The molecule has 14 heavy (non-hydrogen) atoms. The quantitative estimate of drug-likeness (QED) is 0.717. The Bertz CT molecular complexity index is 420. The summed E-state index contributed by atoms with van der Waals surface area (Å²) in [6.07, 6.45) is 1.28. The monoisotopic (exact) mass is 215 g/mol. The first kappa shape index (κ1) is 9.45. The van der Waals surface area contributed by atoms with E-state index in [0.717, 1.165) is 12.1 Å². The van der Waals surface area contributed by atoms with Crippen molar-refractivity contribution in [2.75, 3.05) is 0 Å². The summed E-state index contributed by atoms with van der Waals surface area (Å²) >= 11 is 0. The highest BCUT2D eigenvalue weighted by atomic mass is 32.2. The third-order valence-corrected chi connectivity index (χ3v) is 3.58. The molecule has 1 aromatic rings. The van der Waals surface area contributed by atoms with Crippen LogP contribution in [0.4, 0.5) is 4.39 Å². The van der Waals surface area contributed by atoms with Crippen LogP contribution in [0.3, 0.4) is 0 Å². The Morgan fingerprint density at radius 2 is 2.14 bits per heavy atom. The van der Waals surface area contributed by atoms with E-state index in [1.807, 2.05) is 0 Å². The van der Waals surface area contributed by atoms with Gasteiger partial charge in [-0.15, -0.1) is 0 Å². The predicted molar refractivity (Wildman–Crippen MR) is 47.8 cm³/mol. The second-order valence-corrected chi connectivity index (χ2v) is 4.97. The van der Waals surface area contributed by atoms with Crippen LogP contribution in [-0.4, -0.2) is 13.7 Å². The van der Waals surface area contributed by atoms with Gasteiger partial charge in [0, 0.05) is 6.07 Å². The Kier molecular flexibility index (Phi) is 2.19. The van der Waals surface area contributed by atoms with Gasteiger partial charge in [-0.25, -0.2) is 4.39 Å². The summed E-state index contributed by atoms with van der Waals surface area (Å²) in [4.78, 5) is 0. The smallest absolute Gasteiger partial charge is 0.312 e. The fourth-order valence-electron chi connectivity index (χ4n) is 0.993. The van der Waals surface area contributed by atoms with Gasteiger partial charge >= 0.3 is 10.1 Å². The van der Waals surface area contributed by atoms with E-state index in [4.69, 9.17) is 4.18 Å². The lowest BCUT2D eigenvalue weighted by Crippen LogP contribution is -2.14. The van der Waals surface area contributed by atoms with Crippen molar-refractivity contribution < 1.29 is 17.0 Å². The second kappa shape index (κ2) is 3.24. The molecule has 0 aromatic heterocycles. The molecule has 0 N–H and O–H groups in total. The van der Waals surface area contributed by atoms with Gasteiger partial charge in [-0.3, -0.25) is 0 Å². The molecule has 0 unspecified atom stereocenters. The van der Waals surface area contributed by atoms with Crippen molar-refractivity contribution in [1.29, 1.82) is 0 Å². The van der Waals surface area contributed by atoms with Crippen LogP contribution in [0.5, 0.6) is 5.75 Å². The first-order valence-corrected chi connectivity index (χ1v) is 5.65. The van der Waals surface area contributed by atoms with Gasteiger partial charge in [-0.05, 0) is 31.0 Å². The minimum atomic E-state index is -3.51. The van der Waals surface area contributed by atoms with Crippen LogP contribution in [-0.2, 0) is 10.1 Å². The number of benzene rings is 1. The van der Waals surface area contributed by atoms with Gasteiger partial charge in [0.2, 0.25) is 0 Å². The van der Waals surface area contributed by atoms with Crippen LogP contribution in [0.2, 0.25) is 0 Å². The van der Waals surface area contributed by atoms with E-state index in [1.54, 1.807) is 0 Å². The molecule has 0 spiro atoms. The van der Waals surface area contributed by atoms with E-state index in [9.17, 15) is 12.8 Å². The number of rotatable bonds is 3. The second-order valence-electron chi connectivity index (χ2n) is 3.15. The summed E-state index contributed by atoms with van der Waals surface area (Å²) in [7, 11) is -3.51. The van der Waals surface area contributed by atoms with Crippen molar-refractivity contribution in [3.8, 4) is 5.75 Å². The summed E-state index contributed by atoms with van der Waals surface area (Å²) < 4.78 is 39.8. The van der Waals surface area contributed by atoms with Gasteiger partial charge in [-0.2, -0.15) is 8.42 Å². The van der Waals surface area contributed by atoms with Crippen LogP contribution in [0, 0.1) is 11.9 Å². The molecule has 1 saturated carbocycles. The van der Waals surface area contributed by atoms with Crippen molar-refractivity contribution in [3.63, 3.8) is 0 Å². The van der Waals surface area contributed by atoms with Gasteiger partial charge < -0.3 is 4.18 Å². The molecular formula is C9H8FO3S. The highest BCUT2D eigenvalue weighted by Crippen LogP contribution is 2.30. The van der Waals surface area contributed by atoms with E-state index in [1.165, 1.54) is 6.07 Å². The highest BCUT2D eigenvalue weighted by molar-refractivity contribution is 7.88. The zero-order valence-electron chi connectivity index (χ0n) is 7.23. The lowest BCUT2D eigenvalue weighted by atomic mass is 10.3. The normalized spacial score (nSPS) is 16.6. The van der Waals surface area contributed by atoms with Gasteiger partial charge in [0.25, 0.3) is 0 Å². The standard InChI is InChI=1S/C9H8FO3S/c10-7-1-3-8(4-2-7)13-14(11,12)9-5-6-9/h1-3,9H,5-6H2. The fraction of sp³-hybridized carbons (Fsp3) is 0.333. The maximum absolute atomic E-state index is 12.5. The maximum Gasteiger partial charge on any atom is 0.312 e. The summed E-state index contributed by atoms with van der Waals surface area (Å²) in [6, 6.07) is 5.82. The molecule has 75 valence electrons. The molecule has 0 heterocycles. The molecule has 1 aliphatic rings. The highest BCUT2D eigenvalue weighted by Gasteiger charge is 2.37. The molecule has 0 atom stereocenters. The SMILES string of the molecule is O=S(=O)(Oc1[c]cc(F)cc1)C1CC1. The van der Waals surface area contributed by atoms with E-state index in [0.29, 0.717) is 12.8 Å².